The summed E-state index contributed by atoms with van der Waals surface area (Å²) in [5, 5.41) is 9.66. The Kier molecular flexibility index (Phi) is 5.41. The molecule has 27 heavy (non-hydrogen) atoms. The Morgan fingerprint density at radius 1 is 1.00 bits per heavy atom. The third-order valence-corrected chi connectivity index (χ3v) is 3.72. The highest BCUT2D eigenvalue weighted by Crippen LogP contribution is 2.25. The fraction of sp³-hybridized carbons (Fsp3) is 0.167. The molecule has 0 unspecified atom stereocenters. The van der Waals surface area contributed by atoms with Crippen LogP contribution in [0.4, 0.5) is 22.0 Å². The summed E-state index contributed by atoms with van der Waals surface area (Å²) in [6.07, 6.45) is -3.21. The number of alkyl halides is 3. The zero-order chi connectivity index (χ0) is 19.4. The molecule has 0 saturated heterocycles. The van der Waals surface area contributed by atoms with Crippen molar-refractivity contribution in [2.75, 3.05) is 0 Å². The van der Waals surface area contributed by atoms with Crippen LogP contribution in [-0.2, 0) is 13.1 Å². The van der Waals surface area contributed by atoms with Gasteiger partial charge in [0.2, 0.25) is 0 Å². The van der Waals surface area contributed by atoms with E-state index in [1.165, 1.54) is 36.5 Å². The van der Waals surface area contributed by atoms with Crippen LogP contribution in [0, 0.1) is 11.6 Å². The molecular formula is C18H14F5N3O. The van der Waals surface area contributed by atoms with E-state index in [4.69, 9.17) is 0 Å². The van der Waals surface area contributed by atoms with Crippen LogP contribution >= 0.6 is 0 Å². The lowest BCUT2D eigenvalue weighted by Gasteiger charge is -2.10. The Morgan fingerprint density at radius 2 is 1.74 bits per heavy atom. The summed E-state index contributed by atoms with van der Waals surface area (Å²) in [4.78, 5) is 0. The van der Waals surface area contributed by atoms with Crippen molar-refractivity contribution in [2.45, 2.75) is 19.5 Å². The molecule has 0 spiro atoms. The monoisotopic (exact) mass is 383 g/mol. The van der Waals surface area contributed by atoms with Gasteiger partial charge in [0.15, 0.2) is 0 Å². The van der Waals surface area contributed by atoms with Gasteiger partial charge in [-0.25, -0.2) is 8.78 Å². The van der Waals surface area contributed by atoms with Gasteiger partial charge in [-0.15, -0.1) is 13.2 Å². The Morgan fingerprint density at radius 3 is 2.41 bits per heavy atom. The minimum absolute atomic E-state index is 0.194. The van der Waals surface area contributed by atoms with Crippen molar-refractivity contribution in [1.29, 1.82) is 0 Å². The Labute approximate surface area is 151 Å². The second-order valence-corrected chi connectivity index (χ2v) is 5.69. The number of benzene rings is 2. The van der Waals surface area contributed by atoms with E-state index in [0.717, 1.165) is 17.7 Å². The number of hydrogen-bond acceptors (Lipinski definition) is 3. The van der Waals surface area contributed by atoms with Crippen molar-refractivity contribution < 1.29 is 26.7 Å². The number of ether oxygens (including phenoxy) is 1. The van der Waals surface area contributed by atoms with Crippen LogP contribution in [0.15, 0.2) is 48.7 Å². The topological polar surface area (TPSA) is 49.9 Å². The maximum absolute atomic E-state index is 13.9. The van der Waals surface area contributed by atoms with E-state index in [0.29, 0.717) is 24.3 Å². The maximum Gasteiger partial charge on any atom is 0.573 e. The van der Waals surface area contributed by atoms with Crippen LogP contribution in [0.25, 0.3) is 11.3 Å². The highest BCUT2D eigenvalue weighted by Gasteiger charge is 2.30. The Hall–Kier alpha value is -2.94. The molecule has 2 aromatic carbocycles. The lowest BCUT2D eigenvalue weighted by atomic mass is 10.1. The molecule has 1 heterocycles. The average Bonchev–Trinajstić information content (AvgIpc) is 3.03. The van der Waals surface area contributed by atoms with Crippen LogP contribution in [0.5, 0.6) is 5.75 Å². The van der Waals surface area contributed by atoms with Gasteiger partial charge in [-0.1, -0.05) is 12.1 Å². The van der Waals surface area contributed by atoms with E-state index in [2.05, 4.69) is 20.3 Å². The molecule has 0 atom stereocenters. The summed E-state index contributed by atoms with van der Waals surface area (Å²) >= 11 is 0. The minimum atomic E-state index is -4.73. The van der Waals surface area contributed by atoms with Crippen molar-refractivity contribution >= 4 is 0 Å². The Bertz CT molecular complexity index is 906. The number of nitrogens with one attached hydrogen (secondary N) is 2. The third kappa shape index (κ3) is 5.04. The van der Waals surface area contributed by atoms with Gasteiger partial charge in [-0.05, 0) is 29.8 Å². The van der Waals surface area contributed by atoms with Gasteiger partial charge >= 0.3 is 6.36 Å². The molecule has 0 bridgehead atoms. The van der Waals surface area contributed by atoms with E-state index in [9.17, 15) is 22.0 Å². The lowest BCUT2D eigenvalue weighted by Crippen LogP contribution is -2.17. The molecule has 0 saturated carbocycles. The van der Waals surface area contributed by atoms with Crippen LogP contribution in [0.2, 0.25) is 0 Å². The van der Waals surface area contributed by atoms with Crippen molar-refractivity contribution in [1.82, 2.24) is 15.5 Å². The summed E-state index contributed by atoms with van der Waals surface area (Å²) < 4.78 is 67.2. The molecule has 0 aliphatic rings. The quantitative estimate of drug-likeness (QED) is 0.615. The highest BCUT2D eigenvalue weighted by molar-refractivity contribution is 5.63. The van der Waals surface area contributed by atoms with Crippen LogP contribution in [-0.4, -0.2) is 16.6 Å². The number of hydrogen-bond donors (Lipinski definition) is 2. The van der Waals surface area contributed by atoms with Gasteiger partial charge < -0.3 is 10.1 Å². The van der Waals surface area contributed by atoms with E-state index >= 15 is 0 Å². The van der Waals surface area contributed by atoms with E-state index in [1.54, 1.807) is 0 Å². The fourth-order valence-corrected chi connectivity index (χ4v) is 2.52. The molecular weight excluding hydrogens is 369 g/mol. The number of aromatic nitrogens is 2. The third-order valence-electron chi connectivity index (χ3n) is 3.72. The molecule has 0 radical (unpaired) electrons. The predicted molar refractivity (Wildman–Crippen MR) is 87.6 cm³/mol. The summed E-state index contributed by atoms with van der Waals surface area (Å²) in [5.41, 5.74) is 2.02. The molecule has 142 valence electrons. The first kappa shape index (κ1) is 18.8. The van der Waals surface area contributed by atoms with Crippen LogP contribution < -0.4 is 10.1 Å². The number of rotatable bonds is 6. The van der Waals surface area contributed by atoms with Gasteiger partial charge in [0, 0.05) is 30.3 Å². The molecule has 0 aliphatic heterocycles. The fourth-order valence-electron chi connectivity index (χ4n) is 2.52. The summed E-state index contributed by atoms with van der Waals surface area (Å²) in [6, 6.07) is 8.72. The minimum Gasteiger partial charge on any atom is -0.406 e. The van der Waals surface area contributed by atoms with Crippen molar-refractivity contribution in [3.05, 3.63) is 71.4 Å². The van der Waals surface area contributed by atoms with Gasteiger partial charge in [-0.2, -0.15) is 5.10 Å². The van der Waals surface area contributed by atoms with Gasteiger partial charge in [0.05, 0.1) is 11.9 Å². The number of H-pyrrole nitrogens is 1. The van der Waals surface area contributed by atoms with Crippen molar-refractivity contribution in [2.24, 2.45) is 0 Å². The molecule has 9 heteroatoms. The smallest absolute Gasteiger partial charge is 0.406 e. The molecule has 0 fully saturated rings. The highest BCUT2D eigenvalue weighted by atomic mass is 19.4. The molecule has 3 aromatic rings. The first-order chi connectivity index (χ1) is 12.8. The summed E-state index contributed by atoms with van der Waals surface area (Å²) in [7, 11) is 0. The van der Waals surface area contributed by atoms with Crippen molar-refractivity contribution in [3.8, 4) is 17.0 Å². The normalized spacial score (nSPS) is 11.6. The maximum atomic E-state index is 13.9. The molecule has 0 aliphatic carbocycles. The number of halogens is 5. The SMILES string of the molecule is Fc1ccc(-c2[nH]ncc2CNCc2ccc(OC(F)(F)F)cc2)c(F)c1. The van der Waals surface area contributed by atoms with Gasteiger partial charge in [0.25, 0.3) is 0 Å². The van der Waals surface area contributed by atoms with E-state index < -0.39 is 18.0 Å². The second kappa shape index (κ2) is 7.75. The standard InChI is InChI=1S/C18H14F5N3O/c19-13-3-6-15(16(20)7-13)17-12(10-25-26-17)9-24-8-11-1-4-14(5-2-11)27-18(21,22)23/h1-7,10,24H,8-9H2,(H,25,26). The number of nitrogens with zero attached hydrogens (tertiary/aromatic N) is 1. The molecule has 3 rings (SSSR count). The number of aromatic amines is 1. The first-order valence-electron chi connectivity index (χ1n) is 7.85. The zero-order valence-electron chi connectivity index (χ0n) is 13.8. The van der Waals surface area contributed by atoms with Crippen LogP contribution in [0.3, 0.4) is 0 Å². The molecule has 4 nitrogen and oxygen atoms in total. The van der Waals surface area contributed by atoms with E-state index in [-0.39, 0.29) is 11.3 Å². The average molecular weight is 383 g/mol. The van der Waals surface area contributed by atoms with Gasteiger partial charge in [0.1, 0.15) is 17.4 Å². The zero-order valence-corrected chi connectivity index (χ0v) is 13.8. The predicted octanol–water partition coefficient (Wildman–Crippen LogP) is 4.54. The molecule has 2 N–H and O–H groups in total. The summed E-state index contributed by atoms with van der Waals surface area (Å²) in [6.45, 7) is 0.687. The largest absolute Gasteiger partial charge is 0.573 e. The molecule has 0 amide bonds. The first-order valence-corrected chi connectivity index (χ1v) is 7.85. The summed E-state index contributed by atoms with van der Waals surface area (Å²) in [5.74, 6) is -1.68. The van der Waals surface area contributed by atoms with Crippen LogP contribution in [0.1, 0.15) is 11.1 Å². The Balaban J connectivity index is 1.61. The molecule has 1 aromatic heterocycles. The van der Waals surface area contributed by atoms with Gasteiger partial charge in [-0.3, -0.25) is 5.10 Å². The van der Waals surface area contributed by atoms with Crippen molar-refractivity contribution in [3.63, 3.8) is 0 Å². The lowest BCUT2D eigenvalue weighted by molar-refractivity contribution is -0.274. The second-order valence-electron chi connectivity index (χ2n) is 5.69. The van der Waals surface area contributed by atoms with E-state index in [1.807, 2.05) is 0 Å².